The van der Waals surface area contributed by atoms with Crippen molar-refractivity contribution >= 4 is 38.1 Å². The molecule has 3 aromatic rings. The first-order chi connectivity index (χ1) is 12.3. The fourth-order valence-corrected chi connectivity index (χ4v) is 4.30. The van der Waals surface area contributed by atoms with Gasteiger partial charge < -0.3 is 0 Å². The lowest BCUT2D eigenvalue weighted by molar-refractivity contribution is 0.102. The molecule has 0 fully saturated rings. The lowest BCUT2D eigenvalue weighted by atomic mass is 10.1. The van der Waals surface area contributed by atoms with Crippen molar-refractivity contribution in [2.24, 2.45) is 0 Å². The van der Waals surface area contributed by atoms with E-state index >= 15 is 0 Å². The highest BCUT2D eigenvalue weighted by atomic mass is 32.2. The predicted octanol–water partition coefficient (Wildman–Crippen LogP) is 3.21. The molecule has 0 aliphatic carbocycles. The quantitative estimate of drug-likeness (QED) is 0.654. The highest BCUT2D eigenvalue weighted by molar-refractivity contribution is 7.94. The fraction of sp³-hybridized carbons (Fsp3) is 0.118. The van der Waals surface area contributed by atoms with E-state index in [0.717, 1.165) is 22.5 Å². The molecule has 0 atom stereocenters. The molecule has 3 rings (SSSR count). The Hall–Kier alpha value is -2.78. The fourth-order valence-electron chi connectivity index (χ4n) is 2.36. The molecular formula is C17H16N4O3S2. The monoisotopic (exact) mass is 388 g/mol. The minimum Gasteiger partial charge on any atom is -0.296 e. The van der Waals surface area contributed by atoms with Crippen molar-refractivity contribution < 1.29 is 13.2 Å². The number of anilines is 2. The van der Waals surface area contributed by atoms with Crippen molar-refractivity contribution in [1.29, 1.82) is 0 Å². The standard InChI is InChI=1S/C17H16N4O3S2/c1-11-8-12(2)10-14(9-11)21-26(23,24)17-20-19-16(25-17)18-15(22)13-6-4-3-5-7-13/h3-10,21H,1-2H3,(H,18,19,22). The number of carbonyl (C=O) groups is 1. The first-order valence-electron chi connectivity index (χ1n) is 7.64. The Bertz CT molecular complexity index is 1030. The molecule has 0 aliphatic rings. The zero-order chi connectivity index (χ0) is 18.7. The van der Waals surface area contributed by atoms with Crippen molar-refractivity contribution in [3.8, 4) is 0 Å². The van der Waals surface area contributed by atoms with Gasteiger partial charge in [0.05, 0.1) is 0 Å². The van der Waals surface area contributed by atoms with Crippen LogP contribution in [0.2, 0.25) is 0 Å². The normalized spacial score (nSPS) is 11.2. The van der Waals surface area contributed by atoms with Crippen LogP contribution in [0.1, 0.15) is 21.5 Å². The van der Waals surface area contributed by atoms with Gasteiger partial charge in [0, 0.05) is 11.3 Å². The van der Waals surface area contributed by atoms with Crippen LogP contribution in [0.25, 0.3) is 0 Å². The van der Waals surface area contributed by atoms with Gasteiger partial charge in [-0.15, -0.1) is 10.2 Å². The van der Waals surface area contributed by atoms with Crippen LogP contribution in [-0.4, -0.2) is 24.5 Å². The van der Waals surface area contributed by atoms with Gasteiger partial charge in [-0.3, -0.25) is 14.8 Å². The van der Waals surface area contributed by atoms with E-state index in [9.17, 15) is 13.2 Å². The Morgan fingerprint density at radius 2 is 1.65 bits per heavy atom. The molecule has 0 saturated carbocycles. The number of rotatable bonds is 5. The van der Waals surface area contributed by atoms with E-state index in [1.807, 2.05) is 19.9 Å². The Kier molecular flexibility index (Phi) is 5.01. The lowest BCUT2D eigenvalue weighted by Gasteiger charge is -2.07. The molecule has 26 heavy (non-hydrogen) atoms. The van der Waals surface area contributed by atoms with E-state index in [-0.39, 0.29) is 15.4 Å². The van der Waals surface area contributed by atoms with Crippen LogP contribution in [0.5, 0.6) is 0 Å². The second-order valence-corrected chi connectivity index (χ2v) is 8.51. The van der Waals surface area contributed by atoms with Crippen molar-refractivity contribution in [1.82, 2.24) is 10.2 Å². The van der Waals surface area contributed by atoms with Gasteiger partial charge in [-0.25, -0.2) is 0 Å². The number of amides is 1. The molecule has 0 bridgehead atoms. The number of aromatic nitrogens is 2. The van der Waals surface area contributed by atoms with Crippen LogP contribution in [0, 0.1) is 13.8 Å². The molecule has 0 saturated heterocycles. The van der Waals surface area contributed by atoms with Crippen LogP contribution >= 0.6 is 11.3 Å². The van der Waals surface area contributed by atoms with Crippen molar-refractivity contribution in [2.45, 2.75) is 18.2 Å². The maximum absolute atomic E-state index is 12.5. The van der Waals surface area contributed by atoms with E-state index in [1.54, 1.807) is 42.5 Å². The van der Waals surface area contributed by atoms with Gasteiger partial charge in [-0.05, 0) is 49.2 Å². The minimum atomic E-state index is -3.88. The van der Waals surface area contributed by atoms with Crippen LogP contribution in [0.3, 0.4) is 0 Å². The van der Waals surface area contributed by atoms with Crippen LogP contribution in [-0.2, 0) is 10.0 Å². The summed E-state index contributed by atoms with van der Waals surface area (Å²) >= 11 is 0.786. The molecule has 7 nitrogen and oxygen atoms in total. The Balaban J connectivity index is 1.76. The molecule has 1 amide bonds. The molecule has 134 valence electrons. The van der Waals surface area contributed by atoms with E-state index in [0.29, 0.717) is 11.3 Å². The summed E-state index contributed by atoms with van der Waals surface area (Å²) in [5.74, 6) is -0.382. The van der Waals surface area contributed by atoms with Crippen molar-refractivity contribution in [3.63, 3.8) is 0 Å². The maximum Gasteiger partial charge on any atom is 0.291 e. The van der Waals surface area contributed by atoms with Gasteiger partial charge in [-0.1, -0.05) is 35.6 Å². The van der Waals surface area contributed by atoms with Gasteiger partial charge in [-0.2, -0.15) is 8.42 Å². The summed E-state index contributed by atoms with van der Waals surface area (Å²) in [7, 11) is -3.88. The Labute approximate surface area is 155 Å². The zero-order valence-corrected chi connectivity index (χ0v) is 15.7. The number of benzene rings is 2. The van der Waals surface area contributed by atoms with Crippen molar-refractivity contribution in [3.05, 3.63) is 65.2 Å². The third kappa shape index (κ3) is 4.24. The summed E-state index contributed by atoms with van der Waals surface area (Å²) in [6.45, 7) is 3.76. The summed E-state index contributed by atoms with van der Waals surface area (Å²) in [5, 5.41) is 10.1. The average Bonchev–Trinajstić information content (AvgIpc) is 3.03. The van der Waals surface area contributed by atoms with E-state index in [4.69, 9.17) is 0 Å². The molecular weight excluding hydrogens is 372 g/mol. The molecule has 0 radical (unpaired) electrons. The number of sulfonamides is 1. The van der Waals surface area contributed by atoms with E-state index in [1.165, 1.54) is 0 Å². The van der Waals surface area contributed by atoms with Crippen LogP contribution in [0.4, 0.5) is 10.8 Å². The number of hydrogen-bond acceptors (Lipinski definition) is 6. The van der Waals surface area contributed by atoms with E-state index < -0.39 is 10.0 Å². The van der Waals surface area contributed by atoms with Gasteiger partial charge in [0.25, 0.3) is 20.3 Å². The highest BCUT2D eigenvalue weighted by Gasteiger charge is 2.21. The van der Waals surface area contributed by atoms with Crippen LogP contribution < -0.4 is 10.0 Å². The largest absolute Gasteiger partial charge is 0.296 e. The smallest absolute Gasteiger partial charge is 0.291 e. The summed E-state index contributed by atoms with van der Waals surface area (Å²) in [4.78, 5) is 12.1. The molecule has 2 aromatic carbocycles. The molecule has 2 N–H and O–H groups in total. The summed E-state index contributed by atoms with van der Waals surface area (Å²) in [5.41, 5.74) is 2.78. The summed E-state index contributed by atoms with van der Waals surface area (Å²) in [6.07, 6.45) is 0. The van der Waals surface area contributed by atoms with Gasteiger partial charge in [0.15, 0.2) is 0 Å². The van der Waals surface area contributed by atoms with E-state index in [2.05, 4.69) is 20.2 Å². The molecule has 0 unspecified atom stereocenters. The lowest BCUT2D eigenvalue weighted by Crippen LogP contribution is -2.13. The highest BCUT2D eigenvalue weighted by Crippen LogP contribution is 2.24. The maximum atomic E-state index is 12.5. The molecule has 0 spiro atoms. The minimum absolute atomic E-state index is 0.111. The molecule has 1 heterocycles. The number of nitrogens with zero attached hydrogens (tertiary/aromatic N) is 2. The number of aryl methyl sites for hydroxylation is 2. The third-order valence-corrected chi connectivity index (χ3v) is 5.95. The number of carbonyl (C=O) groups excluding carboxylic acids is 1. The average molecular weight is 388 g/mol. The molecule has 1 aromatic heterocycles. The topological polar surface area (TPSA) is 101 Å². The van der Waals surface area contributed by atoms with Gasteiger partial charge in [0.1, 0.15) is 0 Å². The third-order valence-electron chi connectivity index (χ3n) is 3.37. The summed E-state index contributed by atoms with van der Waals surface area (Å²) in [6, 6.07) is 14.0. The van der Waals surface area contributed by atoms with Gasteiger partial charge >= 0.3 is 0 Å². The second-order valence-electron chi connectivity index (χ2n) is 5.68. The molecule has 0 aliphatic heterocycles. The Morgan fingerprint density at radius 3 is 2.31 bits per heavy atom. The van der Waals surface area contributed by atoms with Crippen molar-refractivity contribution in [2.75, 3.05) is 10.0 Å². The number of hydrogen-bond donors (Lipinski definition) is 2. The first kappa shape index (κ1) is 18.0. The first-order valence-corrected chi connectivity index (χ1v) is 9.94. The predicted molar refractivity (Wildman–Crippen MR) is 101 cm³/mol. The van der Waals surface area contributed by atoms with Gasteiger partial charge in [0.2, 0.25) is 5.13 Å². The Morgan fingerprint density at radius 1 is 1.00 bits per heavy atom. The van der Waals surface area contributed by atoms with Crippen LogP contribution in [0.15, 0.2) is 52.9 Å². The SMILES string of the molecule is Cc1cc(C)cc(NS(=O)(=O)c2nnc(NC(=O)c3ccccc3)s2)c1. The number of nitrogens with one attached hydrogen (secondary N) is 2. The second kappa shape index (κ2) is 7.22. The molecule has 9 heteroatoms. The zero-order valence-electron chi connectivity index (χ0n) is 14.1. The summed E-state index contributed by atoms with van der Waals surface area (Å²) < 4.78 is 27.2.